The average molecular weight is 548 g/mol. The van der Waals surface area contributed by atoms with Gasteiger partial charge in [-0.05, 0) is 51.0 Å². The number of nitrogens with zero attached hydrogens (tertiary/aromatic N) is 1. The van der Waals surface area contributed by atoms with Crippen molar-refractivity contribution in [3.05, 3.63) is 63.3 Å². The number of rotatable bonds is 13. The van der Waals surface area contributed by atoms with Crippen molar-refractivity contribution >= 4 is 39.4 Å². The third kappa shape index (κ3) is 9.37. The number of H-pyrrole nitrogens is 1. The van der Waals surface area contributed by atoms with E-state index in [0.717, 1.165) is 42.2 Å². The maximum absolute atomic E-state index is 12.7. The van der Waals surface area contributed by atoms with Crippen LogP contribution in [0.25, 0.3) is 10.2 Å². The molecule has 0 saturated carbocycles. The van der Waals surface area contributed by atoms with E-state index in [1.165, 1.54) is 11.6 Å². The molecule has 3 aromatic rings. The highest BCUT2D eigenvalue weighted by molar-refractivity contribution is 7.99. The maximum Gasteiger partial charge on any atom is 0.410 e. The zero-order chi connectivity index (χ0) is 26.8. The molecule has 37 heavy (non-hydrogen) atoms. The van der Waals surface area contributed by atoms with Gasteiger partial charge in [-0.15, -0.1) is 0 Å². The summed E-state index contributed by atoms with van der Waals surface area (Å²) < 4.78 is 6.19. The number of benzene rings is 2. The monoisotopic (exact) mass is 547 g/mol. The average Bonchev–Trinajstić information content (AvgIpc) is 3.24. The van der Waals surface area contributed by atoms with Crippen LogP contribution in [-0.4, -0.2) is 69.5 Å². The lowest BCUT2D eigenvalue weighted by atomic mass is 10.1. The molecule has 0 aliphatic carbocycles. The van der Waals surface area contributed by atoms with Gasteiger partial charge in [0.25, 0.3) is 0 Å². The van der Waals surface area contributed by atoms with Gasteiger partial charge >= 0.3 is 11.0 Å². The van der Waals surface area contributed by atoms with Crippen LogP contribution in [0.4, 0.5) is 4.79 Å². The van der Waals surface area contributed by atoms with Crippen LogP contribution in [-0.2, 0) is 11.2 Å². The number of carbonyl (C=O) groups is 1. The van der Waals surface area contributed by atoms with Crippen molar-refractivity contribution in [1.82, 2.24) is 15.2 Å². The fourth-order valence-corrected chi connectivity index (χ4v) is 5.53. The number of thiazole rings is 1. The molecule has 0 bridgehead atoms. The van der Waals surface area contributed by atoms with Crippen LogP contribution in [0.2, 0.25) is 0 Å². The molecule has 4 N–H and O–H groups in total. The Hall–Kier alpha value is -2.53. The molecule has 0 radical (unpaired) electrons. The highest BCUT2D eigenvalue weighted by Crippen LogP contribution is 2.31. The van der Waals surface area contributed by atoms with E-state index in [4.69, 9.17) is 4.74 Å². The largest absolute Gasteiger partial charge is 0.506 e. The van der Waals surface area contributed by atoms with Crippen molar-refractivity contribution in [2.45, 2.75) is 45.3 Å². The molecule has 8 nitrogen and oxygen atoms in total. The first-order valence-electron chi connectivity index (χ1n) is 12.5. The lowest BCUT2D eigenvalue weighted by Gasteiger charge is -2.27. The Morgan fingerprint density at radius 3 is 2.65 bits per heavy atom. The van der Waals surface area contributed by atoms with Crippen molar-refractivity contribution in [1.29, 1.82) is 0 Å². The van der Waals surface area contributed by atoms with Gasteiger partial charge in [0, 0.05) is 37.5 Å². The number of hydrogen-bond donors (Lipinski definition) is 4. The summed E-state index contributed by atoms with van der Waals surface area (Å²) in [5, 5.41) is 23.7. The summed E-state index contributed by atoms with van der Waals surface area (Å²) in [7, 11) is 0. The summed E-state index contributed by atoms with van der Waals surface area (Å²) >= 11 is 2.77. The van der Waals surface area contributed by atoms with Crippen LogP contribution in [0.3, 0.4) is 0 Å². The third-order valence-corrected chi connectivity index (χ3v) is 7.59. The molecule has 1 aromatic heterocycles. The summed E-state index contributed by atoms with van der Waals surface area (Å²) in [6.07, 6.45) is 0.581. The number of amides is 1. The standard InChI is InChI=1S/C27H37N3O5S2/c1-27(2,3)35-26(34)30(15-12-19-8-5-4-6-9-19)14-7-16-36-17-13-28-18-22(32)20-10-11-21(31)23-24(20)37-25(33)29-23/h4-6,8-11,22,28,31-32H,7,12-18H2,1-3H3,(H,29,33)/t22-/m0/s1. The van der Waals surface area contributed by atoms with E-state index >= 15 is 0 Å². The molecule has 1 heterocycles. The fraction of sp³-hybridized carbons (Fsp3) is 0.481. The quantitative estimate of drug-likeness (QED) is 0.233. The molecule has 0 fully saturated rings. The van der Waals surface area contributed by atoms with E-state index in [0.29, 0.717) is 35.4 Å². The van der Waals surface area contributed by atoms with Crippen LogP contribution in [0.1, 0.15) is 44.4 Å². The lowest BCUT2D eigenvalue weighted by Crippen LogP contribution is -2.38. The molecule has 1 atom stereocenters. The van der Waals surface area contributed by atoms with Gasteiger partial charge in [-0.2, -0.15) is 11.8 Å². The number of aromatic amines is 1. The van der Waals surface area contributed by atoms with E-state index in [9.17, 15) is 19.8 Å². The smallest absolute Gasteiger partial charge is 0.410 e. The van der Waals surface area contributed by atoms with Crippen LogP contribution in [0, 0.1) is 0 Å². The second kappa shape index (κ2) is 13.9. The second-order valence-corrected chi connectivity index (χ2v) is 12.0. The van der Waals surface area contributed by atoms with Crippen LogP contribution in [0.5, 0.6) is 5.75 Å². The highest BCUT2D eigenvalue weighted by atomic mass is 32.2. The number of nitrogens with one attached hydrogen (secondary N) is 2. The molecule has 0 saturated heterocycles. The van der Waals surface area contributed by atoms with Gasteiger partial charge in [0.2, 0.25) is 0 Å². The second-order valence-electron chi connectivity index (χ2n) is 9.78. The van der Waals surface area contributed by atoms with E-state index < -0.39 is 11.7 Å². The molecule has 1 amide bonds. The van der Waals surface area contributed by atoms with Gasteiger partial charge in [0.1, 0.15) is 16.9 Å². The van der Waals surface area contributed by atoms with Crippen molar-refractivity contribution < 1.29 is 19.7 Å². The van der Waals surface area contributed by atoms with Gasteiger partial charge in [0.15, 0.2) is 0 Å². The van der Waals surface area contributed by atoms with Gasteiger partial charge in [-0.1, -0.05) is 47.7 Å². The molecule has 10 heteroatoms. The minimum Gasteiger partial charge on any atom is -0.506 e. The number of phenols is 1. The van der Waals surface area contributed by atoms with E-state index in [1.54, 1.807) is 22.7 Å². The first-order valence-corrected chi connectivity index (χ1v) is 14.4. The van der Waals surface area contributed by atoms with Gasteiger partial charge in [-0.25, -0.2) is 4.79 Å². The first-order chi connectivity index (χ1) is 17.6. The summed E-state index contributed by atoms with van der Waals surface area (Å²) in [5.41, 5.74) is 1.65. The molecule has 2 aromatic carbocycles. The SMILES string of the molecule is CC(C)(C)OC(=O)N(CCCSCCNC[C@H](O)c1ccc(O)c2[nH]c(=O)sc12)CCc1ccccc1. The fourth-order valence-electron chi connectivity index (χ4n) is 3.78. The summed E-state index contributed by atoms with van der Waals surface area (Å²) in [4.78, 5) is 28.5. The number of phenolic OH excluding ortho intramolecular Hbond substituents is 1. The van der Waals surface area contributed by atoms with Crippen LogP contribution >= 0.6 is 23.1 Å². The zero-order valence-electron chi connectivity index (χ0n) is 21.7. The molecule has 0 spiro atoms. The Bertz CT molecular complexity index is 1190. The predicted molar refractivity (Wildman–Crippen MR) is 152 cm³/mol. The van der Waals surface area contributed by atoms with Crippen molar-refractivity contribution in [2.75, 3.05) is 37.7 Å². The Labute approximate surface area is 226 Å². The topological polar surface area (TPSA) is 115 Å². The molecular weight excluding hydrogens is 510 g/mol. The number of aliphatic hydroxyl groups is 1. The lowest BCUT2D eigenvalue weighted by molar-refractivity contribution is 0.0252. The highest BCUT2D eigenvalue weighted by Gasteiger charge is 2.22. The normalized spacial score (nSPS) is 12.5. The molecular formula is C27H37N3O5S2. The Morgan fingerprint density at radius 2 is 1.92 bits per heavy atom. The number of aliphatic hydroxyl groups excluding tert-OH is 1. The first kappa shape index (κ1) is 29.0. The number of ether oxygens (including phenoxy) is 1. The number of aromatic hydroxyl groups is 1. The number of thioether (sulfide) groups is 1. The molecule has 0 unspecified atom stereocenters. The Morgan fingerprint density at radius 1 is 1.16 bits per heavy atom. The number of aromatic nitrogens is 1. The molecule has 0 aliphatic rings. The maximum atomic E-state index is 12.7. The third-order valence-electron chi connectivity index (χ3n) is 5.59. The summed E-state index contributed by atoms with van der Waals surface area (Å²) in [5.74, 6) is 1.77. The number of carbonyl (C=O) groups excluding carboxylic acids is 1. The van der Waals surface area contributed by atoms with Crippen LogP contribution in [0.15, 0.2) is 47.3 Å². The number of hydrogen-bond acceptors (Lipinski definition) is 8. The predicted octanol–water partition coefficient (Wildman–Crippen LogP) is 4.52. The summed E-state index contributed by atoms with van der Waals surface area (Å²) in [6, 6.07) is 13.3. The van der Waals surface area contributed by atoms with E-state index in [1.807, 2.05) is 39.0 Å². The van der Waals surface area contributed by atoms with Gasteiger partial charge in [-0.3, -0.25) is 4.79 Å². The Kier molecular flexibility index (Phi) is 10.9. The van der Waals surface area contributed by atoms with E-state index in [2.05, 4.69) is 22.4 Å². The minimum absolute atomic E-state index is 0.000964. The summed E-state index contributed by atoms with van der Waals surface area (Å²) in [6.45, 7) is 7.95. The Balaban J connectivity index is 1.37. The van der Waals surface area contributed by atoms with Gasteiger partial charge < -0.3 is 30.2 Å². The van der Waals surface area contributed by atoms with Gasteiger partial charge in [0.05, 0.1) is 10.8 Å². The zero-order valence-corrected chi connectivity index (χ0v) is 23.3. The molecule has 3 rings (SSSR count). The molecule has 202 valence electrons. The molecule has 0 aliphatic heterocycles. The van der Waals surface area contributed by atoms with Crippen LogP contribution < -0.4 is 10.2 Å². The van der Waals surface area contributed by atoms with Crippen molar-refractivity contribution in [3.8, 4) is 5.75 Å². The van der Waals surface area contributed by atoms with E-state index in [-0.39, 0.29) is 16.7 Å². The van der Waals surface area contributed by atoms with Crippen molar-refractivity contribution in [3.63, 3.8) is 0 Å². The minimum atomic E-state index is -0.786. The van der Waals surface area contributed by atoms with Crippen molar-refractivity contribution in [2.24, 2.45) is 0 Å². The number of fused-ring (bicyclic) bond motifs is 1.